The molecule has 140 valence electrons. The number of rotatable bonds is 6. The summed E-state index contributed by atoms with van der Waals surface area (Å²) in [6.45, 7) is 1.11. The molecule has 8 heteroatoms. The summed E-state index contributed by atoms with van der Waals surface area (Å²) in [5.74, 6) is 0.703. The Hall–Kier alpha value is -2.25. The van der Waals surface area contributed by atoms with Gasteiger partial charge in [0.15, 0.2) is 5.96 Å². The third kappa shape index (κ3) is 6.24. The Labute approximate surface area is 159 Å². The van der Waals surface area contributed by atoms with E-state index in [9.17, 15) is 8.42 Å². The first-order valence-corrected chi connectivity index (χ1v) is 10.3. The topological polar surface area (TPSA) is 73.8 Å². The Morgan fingerprint density at radius 3 is 2.42 bits per heavy atom. The molecule has 2 aromatic rings. The van der Waals surface area contributed by atoms with Crippen molar-refractivity contribution in [2.24, 2.45) is 4.99 Å². The lowest BCUT2D eigenvalue weighted by Crippen LogP contribution is -2.38. The van der Waals surface area contributed by atoms with Crippen LogP contribution in [-0.4, -0.2) is 39.6 Å². The maximum atomic E-state index is 11.5. The zero-order chi connectivity index (χ0) is 19.2. The average Bonchev–Trinajstić information content (AvgIpc) is 2.57. The first-order chi connectivity index (χ1) is 12.3. The Morgan fingerprint density at radius 1 is 1.15 bits per heavy atom. The fraction of sp³-hybridized carbons (Fsp3) is 0.278. The third-order valence-electron chi connectivity index (χ3n) is 3.66. The van der Waals surface area contributed by atoms with Gasteiger partial charge in [0.05, 0.1) is 11.9 Å². The van der Waals surface area contributed by atoms with Crippen molar-refractivity contribution < 1.29 is 8.42 Å². The van der Waals surface area contributed by atoms with Crippen molar-refractivity contribution in [2.45, 2.75) is 13.1 Å². The SMILES string of the molecule is CN=C(NCc1ccccc1NS(C)(=O)=O)N(C)Cc1ccc(Cl)cc1. The number of guanidine groups is 1. The van der Waals surface area contributed by atoms with E-state index in [-0.39, 0.29) is 0 Å². The van der Waals surface area contributed by atoms with Crippen molar-refractivity contribution in [1.29, 1.82) is 0 Å². The van der Waals surface area contributed by atoms with Crippen LogP contribution in [0.4, 0.5) is 5.69 Å². The highest BCUT2D eigenvalue weighted by molar-refractivity contribution is 7.92. The Bertz CT molecular complexity index is 867. The van der Waals surface area contributed by atoms with Gasteiger partial charge in [0.25, 0.3) is 0 Å². The molecular weight excluding hydrogens is 372 g/mol. The van der Waals surface area contributed by atoms with E-state index < -0.39 is 10.0 Å². The third-order valence-corrected chi connectivity index (χ3v) is 4.50. The number of aliphatic imine (C=N–C) groups is 1. The Morgan fingerprint density at radius 2 is 1.81 bits per heavy atom. The molecule has 0 amide bonds. The minimum absolute atomic E-state index is 0.441. The van der Waals surface area contributed by atoms with Crippen molar-refractivity contribution >= 4 is 33.3 Å². The molecule has 2 N–H and O–H groups in total. The summed E-state index contributed by atoms with van der Waals surface area (Å²) >= 11 is 5.92. The molecule has 0 unspecified atom stereocenters. The van der Waals surface area contributed by atoms with Crippen molar-refractivity contribution in [3.05, 3.63) is 64.7 Å². The number of benzene rings is 2. The number of halogens is 1. The number of hydrogen-bond acceptors (Lipinski definition) is 3. The van der Waals surface area contributed by atoms with Gasteiger partial charge in [-0.25, -0.2) is 8.42 Å². The van der Waals surface area contributed by atoms with E-state index in [1.165, 1.54) is 0 Å². The predicted octanol–water partition coefficient (Wildman–Crippen LogP) is 2.92. The van der Waals surface area contributed by atoms with E-state index in [0.29, 0.717) is 29.8 Å². The molecule has 0 aromatic heterocycles. The predicted molar refractivity (Wildman–Crippen MR) is 108 cm³/mol. The van der Waals surface area contributed by atoms with Crippen LogP contribution in [-0.2, 0) is 23.1 Å². The van der Waals surface area contributed by atoms with Crippen LogP contribution in [0.25, 0.3) is 0 Å². The van der Waals surface area contributed by atoms with Crippen molar-refractivity contribution in [1.82, 2.24) is 10.2 Å². The van der Waals surface area contributed by atoms with Crippen LogP contribution in [0.2, 0.25) is 5.02 Å². The van der Waals surface area contributed by atoms with E-state index in [1.54, 1.807) is 19.2 Å². The summed E-state index contributed by atoms with van der Waals surface area (Å²) < 4.78 is 25.6. The molecule has 2 aromatic carbocycles. The minimum Gasteiger partial charge on any atom is -0.352 e. The molecule has 0 aliphatic carbocycles. The molecular formula is C18H23ClN4O2S. The lowest BCUT2D eigenvalue weighted by Gasteiger charge is -2.23. The van der Waals surface area contributed by atoms with Gasteiger partial charge in [-0.1, -0.05) is 41.9 Å². The standard InChI is InChI=1S/C18H23ClN4O2S/c1-20-18(23(2)13-14-8-10-16(19)11-9-14)21-12-15-6-4-5-7-17(15)22-26(3,24)25/h4-11,22H,12-13H2,1-3H3,(H,20,21). The van der Waals surface area contributed by atoms with Gasteiger partial charge in [-0.05, 0) is 29.3 Å². The van der Waals surface area contributed by atoms with E-state index in [1.807, 2.05) is 48.3 Å². The van der Waals surface area contributed by atoms with Gasteiger partial charge in [-0.3, -0.25) is 9.71 Å². The normalized spacial score (nSPS) is 11.9. The number of nitrogens with zero attached hydrogens (tertiary/aromatic N) is 2. The number of anilines is 1. The smallest absolute Gasteiger partial charge is 0.229 e. The van der Waals surface area contributed by atoms with Gasteiger partial charge in [0, 0.05) is 32.2 Å². The molecule has 0 bridgehead atoms. The van der Waals surface area contributed by atoms with Crippen LogP contribution in [0.15, 0.2) is 53.5 Å². The Balaban J connectivity index is 2.04. The van der Waals surface area contributed by atoms with Crippen LogP contribution in [0.1, 0.15) is 11.1 Å². The van der Waals surface area contributed by atoms with Crippen molar-refractivity contribution in [2.75, 3.05) is 25.1 Å². The number of nitrogens with one attached hydrogen (secondary N) is 2. The molecule has 0 radical (unpaired) electrons. The second kappa shape index (κ2) is 8.91. The van der Waals surface area contributed by atoms with E-state index in [0.717, 1.165) is 17.4 Å². The molecule has 6 nitrogen and oxygen atoms in total. The molecule has 0 saturated heterocycles. The molecule has 0 heterocycles. The van der Waals surface area contributed by atoms with Crippen LogP contribution < -0.4 is 10.0 Å². The molecule has 0 saturated carbocycles. The number of sulfonamides is 1. The maximum absolute atomic E-state index is 11.5. The largest absolute Gasteiger partial charge is 0.352 e. The molecule has 2 rings (SSSR count). The van der Waals surface area contributed by atoms with E-state index in [2.05, 4.69) is 15.0 Å². The van der Waals surface area contributed by atoms with Gasteiger partial charge in [0.1, 0.15) is 0 Å². The summed E-state index contributed by atoms with van der Waals surface area (Å²) in [6.07, 6.45) is 1.13. The molecule has 0 aliphatic rings. The van der Waals surface area contributed by atoms with Crippen LogP contribution >= 0.6 is 11.6 Å². The van der Waals surface area contributed by atoms with Crippen molar-refractivity contribution in [3.8, 4) is 0 Å². The quantitative estimate of drug-likeness (QED) is 0.583. The van der Waals surface area contributed by atoms with E-state index >= 15 is 0 Å². The molecule has 0 aliphatic heterocycles. The van der Waals surface area contributed by atoms with Crippen LogP contribution in [0, 0.1) is 0 Å². The highest BCUT2D eigenvalue weighted by Crippen LogP contribution is 2.16. The fourth-order valence-electron chi connectivity index (χ4n) is 2.47. The summed E-state index contributed by atoms with van der Waals surface area (Å²) in [4.78, 5) is 6.27. The fourth-order valence-corrected chi connectivity index (χ4v) is 3.20. The van der Waals surface area contributed by atoms with Crippen LogP contribution in [0.3, 0.4) is 0 Å². The maximum Gasteiger partial charge on any atom is 0.229 e. The molecule has 0 fully saturated rings. The molecule has 0 atom stereocenters. The monoisotopic (exact) mass is 394 g/mol. The highest BCUT2D eigenvalue weighted by atomic mass is 35.5. The Kier molecular flexibility index (Phi) is 6.88. The highest BCUT2D eigenvalue weighted by Gasteiger charge is 2.10. The number of hydrogen-bond donors (Lipinski definition) is 2. The lowest BCUT2D eigenvalue weighted by atomic mass is 10.2. The van der Waals surface area contributed by atoms with Crippen LogP contribution in [0.5, 0.6) is 0 Å². The van der Waals surface area contributed by atoms with Crippen molar-refractivity contribution in [3.63, 3.8) is 0 Å². The average molecular weight is 395 g/mol. The zero-order valence-electron chi connectivity index (χ0n) is 15.0. The van der Waals surface area contributed by atoms with E-state index in [4.69, 9.17) is 11.6 Å². The number of para-hydroxylation sites is 1. The van der Waals surface area contributed by atoms with Gasteiger partial charge in [0.2, 0.25) is 10.0 Å². The summed E-state index contributed by atoms with van der Waals surface area (Å²) in [5.41, 5.74) is 2.50. The second-order valence-corrected chi connectivity index (χ2v) is 8.10. The molecule has 0 spiro atoms. The minimum atomic E-state index is -3.33. The van der Waals surface area contributed by atoms with Gasteiger partial charge >= 0.3 is 0 Å². The lowest BCUT2D eigenvalue weighted by molar-refractivity contribution is 0.476. The first kappa shape index (κ1) is 20.1. The summed E-state index contributed by atoms with van der Waals surface area (Å²) in [5, 5.41) is 3.96. The second-order valence-electron chi connectivity index (χ2n) is 5.91. The summed E-state index contributed by atoms with van der Waals surface area (Å²) in [7, 11) is 0.311. The first-order valence-electron chi connectivity index (χ1n) is 8.00. The summed E-state index contributed by atoms with van der Waals surface area (Å²) in [6, 6.07) is 14.9. The van der Waals surface area contributed by atoms with Gasteiger partial charge in [-0.2, -0.15) is 0 Å². The van der Waals surface area contributed by atoms with Gasteiger partial charge in [-0.15, -0.1) is 0 Å². The zero-order valence-corrected chi connectivity index (χ0v) is 16.6. The molecule has 26 heavy (non-hydrogen) atoms. The van der Waals surface area contributed by atoms with Gasteiger partial charge < -0.3 is 10.2 Å².